The van der Waals surface area contributed by atoms with Crippen LogP contribution in [0.4, 0.5) is 5.82 Å². The van der Waals surface area contributed by atoms with E-state index in [-0.39, 0.29) is 5.84 Å². The van der Waals surface area contributed by atoms with E-state index in [2.05, 4.69) is 28.9 Å². The molecule has 0 bridgehead atoms. The van der Waals surface area contributed by atoms with Crippen LogP contribution in [0.2, 0.25) is 0 Å². The van der Waals surface area contributed by atoms with Crippen molar-refractivity contribution in [3.05, 3.63) is 23.9 Å². The molecule has 2 heterocycles. The van der Waals surface area contributed by atoms with Gasteiger partial charge in [-0.2, -0.15) is 0 Å². The van der Waals surface area contributed by atoms with E-state index in [0.717, 1.165) is 18.9 Å². The minimum absolute atomic E-state index is 0.0697. The molecule has 1 aliphatic rings. The van der Waals surface area contributed by atoms with Crippen LogP contribution >= 0.6 is 0 Å². The van der Waals surface area contributed by atoms with Crippen molar-refractivity contribution in [2.75, 3.05) is 32.1 Å². The molecule has 0 radical (unpaired) electrons. The van der Waals surface area contributed by atoms with Crippen molar-refractivity contribution in [3.8, 4) is 0 Å². The second kappa shape index (κ2) is 5.35. The fourth-order valence-corrected chi connectivity index (χ4v) is 2.46. The summed E-state index contributed by atoms with van der Waals surface area (Å²) in [5.74, 6) is 1.06. The molecule has 18 heavy (non-hydrogen) atoms. The molecule has 0 saturated carbocycles. The van der Waals surface area contributed by atoms with Gasteiger partial charge in [-0.1, -0.05) is 0 Å². The molecule has 0 amide bonds. The van der Waals surface area contributed by atoms with E-state index in [1.54, 1.807) is 6.20 Å². The van der Waals surface area contributed by atoms with Crippen molar-refractivity contribution in [1.29, 1.82) is 5.41 Å². The zero-order chi connectivity index (χ0) is 13.1. The summed E-state index contributed by atoms with van der Waals surface area (Å²) in [7, 11) is 4.20. The Labute approximate surface area is 108 Å². The summed E-state index contributed by atoms with van der Waals surface area (Å²) in [6, 6.07) is 4.37. The summed E-state index contributed by atoms with van der Waals surface area (Å²) in [5, 5.41) is 7.36. The van der Waals surface area contributed by atoms with Crippen LogP contribution in [0.15, 0.2) is 18.3 Å². The molecule has 0 spiro atoms. The molecule has 5 nitrogen and oxygen atoms in total. The van der Waals surface area contributed by atoms with Gasteiger partial charge < -0.3 is 15.5 Å². The predicted molar refractivity (Wildman–Crippen MR) is 74.2 cm³/mol. The third-order valence-corrected chi connectivity index (χ3v) is 3.31. The standard InChI is InChI=1S/C13H21N5/c1-17(2)9-11-4-3-7-18(11)12-6-5-10(8-16-12)13(14)15/h5-6,8,11H,3-4,7,9H2,1-2H3,(H3,14,15). The second-order valence-electron chi connectivity index (χ2n) is 5.07. The molecule has 1 aromatic rings. The average molecular weight is 247 g/mol. The normalized spacial score (nSPS) is 19.5. The Morgan fingerprint density at radius 1 is 1.56 bits per heavy atom. The number of anilines is 1. The first kappa shape index (κ1) is 12.8. The van der Waals surface area contributed by atoms with Crippen LogP contribution in [0.1, 0.15) is 18.4 Å². The van der Waals surface area contributed by atoms with Gasteiger partial charge in [0.1, 0.15) is 11.7 Å². The second-order valence-corrected chi connectivity index (χ2v) is 5.07. The van der Waals surface area contributed by atoms with Crippen molar-refractivity contribution in [3.63, 3.8) is 0 Å². The highest BCUT2D eigenvalue weighted by Crippen LogP contribution is 2.24. The van der Waals surface area contributed by atoms with E-state index >= 15 is 0 Å². The van der Waals surface area contributed by atoms with Crippen LogP contribution in [0.3, 0.4) is 0 Å². The van der Waals surface area contributed by atoms with Crippen molar-refractivity contribution >= 4 is 11.7 Å². The van der Waals surface area contributed by atoms with Gasteiger partial charge in [0.05, 0.1) is 0 Å². The SMILES string of the molecule is CN(C)CC1CCCN1c1ccc(C(=N)N)cn1. The maximum atomic E-state index is 7.36. The summed E-state index contributed by atoms with van der Waals surface area (Å²) < 4.78 is 0. The molecule has 3 N–H and O–H groups in total. The number of amidine groups is 1. The molecule has 0 aliphatic carbocycles. The Balaban J connectivity index is 2.12. The molecule has 1 aliphatic heterocycles. The lowest BCUT2D eigenvalue weighted by molar-refractivity contribution is 0.371. The van der Waals surface area contributed by atoms with Gasteiger partial charge in [0.25, 0.3) is 0 Å². The zero-order valence-electron chi connectivity index (χ0n) is 11.1. The number of aromatic nitrogens is 1. The fraction of sp³-hybridized carbons (Fsp3) is 0.538. The van der Waals surface area contributed by atoms with Gasteiger partial charge in [-0.25, -0.2) is 4.98 Å². The topological polar surface area (TPSA) is 69.2 Å². The van der Waals surface area contributed by atoms with Gasteiger partial charge in [0.2, 0.25) is 0 Å². The number of hydrogen-bond donors (Lipinski definition) is 2. The molecular weight excluding hydrogens is 226 g/mol. The maximum absolute atomic E-state index is 7.36. The number of nitrogens with one attached hydrogen (secondary N) is 1. The van der Waals surface area contributed by atoms with Crippen LogP contribution < -0.4 is 10.6 Å². The van der Waals surface area contributed by atoms with Crippen LogP contribution in [0.5, 0.6) is 0 Å². The van der Waals surface area contributed by atoms with Crippen molar-refractivity contribution in [1.82, 2.24) is 9.88 Å². The Bertz CT molecular complexity index is 412. The van der Waals surface area contributed by atoms with Crippen molar-refractivity contribution in [2.24, 2.45) is 5.73 Å². The maximum Gasteiger partial charge on any atom is 0.128 e. The number of pyridine rings is 1. The third-order valence-electron chi connectivity index (χ3n) is 3.31. The average Bonchev–Trinajstić information content (AvgIpc) is 2.76. The van der Waals surface area contributed by atoms with Gasteiger partial charge in [0.15, 0.2) is 0 Å². The molecule has 1 saturated heterocycles. The van der Waals surface area contributed by atoms with Gasteiger partial charge in [0, 0.05) is 30.9 Å². The van der Waals surface area contributed by atoms with Gasteiger partial charge in [-0.3, -0.25) is 5.41 Å². The Kier molecular flexibility index (Phi) is 3.81. The molecule has 1 fully saturated rings. The lowest BCUT2D eigenvalue weighted by atomic mass is 10.2. The highest BCUT2D eigenvalue weighted by molar-refractivity contribution is 5.94. The van der Waals surface area contributed by atoms with E-state index in [9.17, 15) is 0 Å². The van der Waals surface area contributed by atoms with E-state index in [1.807, 2.05) is 12.1 Å². The molecule has 98 valence electrons. The first-order chi connectivity index (χ1) is 8.58. The Morgan fingerprint density at radius 2 is 2.33 bits per heavy atom. The van der Waals surface area contributed by atoms with Gasteiger partial charge in [-0.05, 0) is 39.1 Å². The minimum atomic E-state index is 0.0697. The number of nitrogens with two attached hydrogens (primary N) is 1. The molecule has 2 rings (SSSR count). The molecule has 1 unspecified atom stereocenters. The lowest BCUT2D eigenvalue weighted by Gasteiger charge is -2.28. The molecule has 5 heteroatoms. The summed E-state index contributed by atoms with van der Waals surface area (Å²) in [6.07, 6.45) is 4.12. The summed E-state index contributed by atoms with van der Waals surface area (Å²) >= 11 is 0. The highest BCUT2D eigenvalue weighted by atomic mass is 15.3. The highest BCUT2D eigenvalue weighted by Gasteiger charge is 2.25. The van der Waals surface area contributed by atoms with E-state index in [4.69, 9.17) is 11.1 Å². The molecule has 1 aromatic heterocycles. The van der Waals surface area contributed by atoms with E-state index in [0.29, 0.717) is 11.6 Å². The fourth-order valence-electron chi connectivity index (χ4n) is 2.46. The number of rotatable bonds is 4. The van der Waals surface area contributed by atoms with Crippen LogP contribution in [0.25, 0.3) is 0 Å². The van der Waals surface area contributed by atoms with Gasteiger partial charge >= 0.3 is 0 Å². The summed E-state index contributed by atoms with van der Waals surface area (Å²) in [6.45, 7) is 2.11. The molecule has 0 aromatic carbocycles. The monoisotopic (exact) mass is 247 g/mol. The zero-order valence-corrected chi connectivity index (χ0v) is 11.1. The van der Waals surface area contributed by atoms with Crippen molar-refractivity contribution < 1.29 is 0 Å². The molecular formula is C13H21N5. The lowest BCUT2D eigenvalue weighted by Crippen LogP contribution is -2.38. The first-order valence-electron chi connectivity index (χ1n) is 6.30. The molecule has 1 atom stereocenters. The van der Waals surface area contributed by atoms with Crippen LogP contribution in [0, 0.1) is 5.41 Å². The summed E-state index contributed by atoms with van der Waals surface area (Å²) in [4.78, 5) is 8.99. The van der Waals surface area contributed by atoms with E-state index in [1.165, 1.54) is 12.8 Å². The number of nitrogens with zero attached hydrogens (tertiary/aromatic N) is 3. The third kappa shape index (κ3) is 2.79. The van der Waals surface area contributed by atoms with Crippen LogP contribution in [-0.2, 0) is 0 Å². The minimum Gasteiger partial charge on any atom is -0.384 e. The van der Waals surface area contributed by atoms with Gasteiger partial charge in [-0.15, -0.1) is 0 Å². The quantitative estimate of drug-likeness (QED) is 0.612. The number of nitrogen functional groups attached to an aromatic ring is 1. The van der Waals surface area contributed by atoms with Crippen LogP contribution in [-0.4, -0.2) is 48.9 Å². The smallest absolute Gasteiger partial charge is 0.128 e. The largest absolute Gasteiger partial charge is 0.384 e. The Morgan fingerprint density at radius 3 is 2.89 bits per heavy atom. The first-order valence-corrected chi connectivity index (χ1v) is 6.30. The number of hydrogen-bond acceptors (Lipinski definition) is 4. The Hall–Kier alpha value is -1.62. The number of likely N-dealkylation sites (N-methyl/N-ethyl adjacent to an activating group) is 1. The van der Waals surface area contributed by atoms with E-state index < -0.39 is 0 Å². The summed E-state index contributed by atoms with van der Waals surface area (Å²) in [5.41, 5.74) is 6.12. The predicted octanol–water partition coefficient (Wildman–Crippen LogP) is 0.896. The van der Waals surface area contributed by atoms with Crippen molar-refractivity contribution in [2.45, 2.75) is 18.9 Å².